The highest BCUT2D eigenvalue weighted by Gasteiger charge is 2.18. The Labute approximate surface area is 145 Å². The van der Waals surface area contributed by atoms with Crippen LogP contribution in [0.2, 0.25) is 0 Å². The average Bonchev–Trinajstić information content (AvgIpc) is 2.51. The Balaban J connectivity index is 2.78. The van der Waals surface area contributed by atoms with E-state index in [4.69, 9.17) is 4.74 Å². The maximum Gasteiger partial charge on any atom is 0.305 e. The predicted molar refractivity (Wildman–Crippen MR) is 95.7 cm³/mol. The minimum absolute atomic E-state index is 0.0580. The molecule has 0 saturated heterocycles. The molecule has 0 fully saturated rings. The summed E-state index contributed by atoms with van der Waals surface area (Å²) in [7, 11) is 0. The third-order valence-electron chi connectivity index (χ3n) is 4.07. The fraction of sp³-hybridized carbons (Fsp3) is 0.600. The summed E-state index contributed by atoms with van der Waals surface area (Å²) in [5.41, 5.74) is 2.28. The molecule has 0 aliphatic rings. The van der Waals surface area contributed by atoms with E-state index in [2.05, 4.69) is 0 Å². The molecular weight excluding hydrogens is 304 g/mol. The van der Waals surface area contributed by atoms with Crippen LogP contribution >= 0.6 is 0 Å². The molecule has 1 rings (SSSR count). The Bertz CT molecular complexity index is 544. The van der Waals surface area contributed by atoms with Crippen LogP contribution in [0, 0.1) is 0 Å². The van der Waals surface area contributed by atoms with E-state index in [9.17, 15) is 14.7 Å². The normalized spacial score (nSPS) is 11.1. The number of esters is 1. The van der Waals surface area contributed by atoms with Crippen LogP contribution in [0.4, 0.5) is 0 Å². The Kier molecular flexibility index (Phi) is 7.96. The second kappa shape index (κ2) is 9.45. The largest absolute Gasteiger partial charge is 0.507 e. The lowest BCUT2D eigenvalue weighted by atomic mass is 9.89. The molecule has 4 nitrogen and oxygen atoms in total. The minimum Gasteiger partial charge on any atom is -0.507 e. The zero-order valence-corrected chi connectivity index (χ0v) is 15.5. The van der Waals surface area contributed by atoms with Gasteiger partial charge in [0, 0.05) is 18.4 Å². The molecule has 1 N–H and O–H groups in total. The van der Waals surface area contributed by atoms with Crippen molar-refractivity contribution in [1.29, 1.82) is 0 Å². The van der Waals surface area contributed by atoms with E-state index in [0.29, 0.717) is 43.6 Å². The van der Waals surface area contributed by atoms with Gasteiger partial charge in [0.15, 0.2) is 5.78 Å². The number of rotatable bonds is 9. The van der Waals surface area contributed by atoms with Crippen molar-refractivity contribution < 1.29 is 19.4 Å². The van der Waals surface area contributed by atoms with Gasteiger partial charge in [-0.25, -0.2) is 0 Å². The van der Waals surface area contributed by atoms with Crippen molar-refractivity contribution in [3.05, 3.63) is 28.8 Å². The molecule has 0 heterocycles. The lowest BCUT2D eigenvalue weighted by molar-refractivity contribution is -0.143. The fourth-order valence-corrected chi connectivity index (χ4v) is 2.65. The Morgan fingerprint density at radius 2 is 1.50 bits per heavy atom. The van der Waals surface area contributed by atoms with Gasteiger partial charge in [-0.05, 0) is 54.9 Å². The van der Waals surface area contributed by atoms with Gasteiger partial charge in [-0.1, -0.05) is 27.7 Å². The number of ketones is 1. The van der Waals surface area contributed by atoms with E-state index in [-0.39, 0.29) is 23.6 Å². The SMILES string of the molecule is CCOC(=O)CCCCC(=O)c1cc(C(C)C)c(O)c(C(C)C)c1. The van der Waals surface area contributed by atoms with Gasteiger partial charge in [-0.15, -0.1) is 0 Å². The van der Waals surface area contributed by atoms with Gasteiger partial charge in [0.05, 0.1) is 6.61 Å². The van der Waals surface area contributed by atoms with E-state index in [0.717, 1.165) is 11.1 Å². The number of Topliss-reactive ketones (excluding diaryl/α,β-unsaturated/α-hetero) is 1. The van der Waals surface area contributed by atoms with Crippen LogP contribution in [0.3, 0.4) is 0 Å². The average molecular weight is 334 g/mol. The number of carbonyl (C=O) groups excluding carboxylic acids is 2. The summed E-state index contributed by atoms with van der Waals surface area (Å²) in [4.78, 5) is 23.8. The first kappa shape index (κ1) is 20.2. The van der Waals surface area contributed by atoms with Crippen molar-refractivity contribution in [1.82, 2.24) is 0 Å². The Hall–Kier alpha value is -1.84. The monoisotopic (exact) mass is 334 g/mol. The first-order valence-corrected chi connectivity index (χ1v) is 8.83. The van der Waals surface area contributed by atoms with Gasteiger partial charge < -0.3 is 9.84 Å². The van der Waals surface area contributed by atoms with E-state index in [1.54, 1.807) is 19.1 Å². The Morgan fingerprint density at radius 1 is 1.00 bits per heavy atom. The molecule has 0 radical (unpaired) electrons. The van der Waals surface area contributed by atoms with Gasteiger partial charge in [-0.3, -0.25) is 9.59 Å². The highest BCUT2D eigenvalue weighted by Crippen LogP contribution is 2.35. The predicted octanol–water partition coefficient (Wildman–Crippen LogP) is 4.95. The van der Waals surface area contributed by atoms with Crippen LogP contribution in [0.15, 0.2) is 12.1 Å². The topological polar surface area (TPSA) is 63.6 Å². The summed E-state index contributed by atoms with van der Waals surface area (Å²) in [5, 5.41) is 10.4. The minimum atomic E-state index is -0.209. The van der Waals surface area contributed by atoms with Crippen molar-refractivity contribution in [2.45, 2.75) is 72.1 Å². The molecule has 0 spiro atoms. The lowest BCUT2D eigenvalue weighted by Crippen LogP contribution is -2.06. The first-order chi connectivity index (χ1) is 11.3. The number of phenols is 1. The summed E-state index contributed by atoms with van der Waals surface area (Å²) in [6.45, 7) is 10.2. The highest BCUT2D eigenvalue weighted by atomic mass is 16.5. The van der Waals surface area contributed by atoms with Gasteiger partial charge >= 0.3 is 5.97 Å². The van der Waals surface area contributed by atoms with Crippen LogP contribution in [0.1, 0.15) is 93.6 Å². The molecular formula is C20H30O4. The van der Waals surface area contributed by atoms with Gasteiger partial charge in [0.25, 0.3) is 0 Å². The summed E-state index contributed by atoms with van der Waals surface area (Å²) >= 11 is 0. The molecule has 0 aromatic heterocycles. The highest BCUT2D eigenvalue weighted by molar-refractivity contribution is 5.96. The summed E-state index contributed by atoms with van der Waals surface area (Å²) in [6.07, 6.45) is 2.06. The molecule has 4 heteroatoms. The second-order valence-corrected chi connectivity index (χ2v) is 6.75. The molecule has 0 atom stereocenters. The maximum absolute atomic E-state index is 12.5. The van der Waals surface area contributed by atoms with E-state index in [1.165, 1.54) is 0 Å². The molecule has 1 aromatic rings. The number of unbranched alkanes of at least 4 members (excludes halogenated alkanes) is 1. The smallest absolute Gasteiger partial charge is 0.305 e. The van der Waals surface area contributed by atoms with Crippen molar-refractivity contribution >= 4 is 11.8 Å². The first-order valence-electron chi connectivity index (χ1n) is 8.83. The maximum atomic E-state index is 12.5. The van der Waals surface area contributed by atoms with Crippen LogP contribution in [-0.2, 0) is 9.53 Å². The molecule has 0 unspecified atom stereocenters. The zero-order valence-electron chi connectivity index (χ0n) is 15.5. The lowest BCUT2D eigenvalue weighted by Gasteiger charge is -2.17. The number of carbonyl (C=O) groups is 2. The second-order valence-electron chi connectivity index (χ2n) is 6.75. The zero-order chi connectivity index (χ0) is 18.3. The van der Waals surface area contributed by atoms with Gasteiger partial charge in [0.1, 0.15) is 5.75 Å². The molecule has 0 aliphatic carbocycles. The van der Waals surface area contributed by atoms with Crippen LogP contribution in [-0.4, -0.2) is 23.5 Å². The molecule has 0 saturated carbocycles. The molecule has 134 valence electrons. The van der Waals surface area contributed by atoms with E-state index in [1.807, 2.05) is 27.7 Å². The van der Waals surface area contributed by atoms with Gasteiger partial charge in [0.2, 0.25) is 0 Å². The van der Waals surface area contributed by atoms with Crippen LogP contribution in [0.5, 0.6) is 5.75 Å². The van der Waals surface area contributed by atoms with Crippen LogP contribution in [0.25, 0.3) is 0 Å². The molecule has 1 aromatic carbocycles. The fourth-order valence-electron chi connectivity index (χ4n) is 2.65. The van der Waals surface area contributed by atoms with Crippen LogP contribution < -0.4 is 0 Å². The summed E-state index contributed by atoms with van der Waals surface area (Å²) < 4.78 is 4.88. The van der Waals surface area contributed by atoms with Crippen molar-refractivity contribution in [3.63, 3.8) is 0 Å². The number of ether oxygens (including phenoxy) is 1. The summed E-state index contributed by atoms with van der Waals surface area (Å²) in [5.74, 6) is 0.457. The number of phenolic OH excluding ortho intramolecular Hbond substituents is 1. The number of hydrogen-bond donors (Lipinski definition) is 1. The third-order valence-corrected chi connectivity index (χ3v) is 4.07. The molecule has 24 heavy (non-hydrogen) atoms. The van der Waals surface area contributed by atoms with E-state index < -0.39 is 0 Å². The molecule has 0 bridgehead atoms. The van der Waals surface area contributed by atoms with Gasteiger partial charge in [-0.2, -0.15) is 0 Å². The summed E-state index contributed by atoms with van der Waals surface area (Å²) in [6, 6.07) is 3.61. The van der Waals surface area contributed by atoms with E-state index >= 15 is 0 Å². The standard InChI is InChI=1S/C20H30O4/c1-6-24-19(22)10-8-7-9-18(21)15-11-16(13(2)3)20(23)17(12-15)14(4)5/h11-14,23H,6-10H2,1-5H3. The third kappa shape index (κ3) is 5.66. The molecule has 0 aliphatic heterocycles. The number of hydrogen-bond acceptors (Lipinski definition) is 4. The molecule has 0 amide bonds. The number of aromatic hydroxyl groups is 1. The van der Waals surface area contributed by atoms with Crippen molar-refractivity contribution in [2.75, 3.05) is 6.61 Å². The quantitative estimate of drug-likeness (QED) is 0.394. The van der Waals surface area contributed by atoms with Crippen molar-refractivity contribution in [3.8, 4) is 5.75 Å². The Morgan fingerprint density at radius 3 is 1.96 bits per heavy atom. The van der Waals surface area contributed by atoms with Crippen molar-refractivity contribution in [2.24, 2.45) is 0 Å². The number of benzene rings is 1.